The van der Waals surface area contributed by atoms with Crippen molar-refractivity contribution in [3.8, 4) is 0 Å². The molecule has 0 aliphatic carbocycles. The summed E-state index contributed by atoms with van der Waals surface area (Å²) >= 11 is 0. The fraction of sp³-hybridized carbons (Fsp3) is 0.455. The van der Waals surface area contributed by atoms with Crippen LogP contribution >= 0.6 is 0 Å². The molecule has 0 bridgehead atoms. The van der Waals surface area contributed by atoms with Crippen molar-refractivity contribution in [2.45, 2.75) is 45.0 Å². The highest BCUT2D eigenvalue weighted by Gasteiger charge is 2.23. The summed E-state index contributed by atoms with van der Waals surface area (Å²) in [6.07, 6.45) is 2.06. The first-order chi connectivity index (χ1) is 15.1. The summed E-state index contributed by atoms with van der Waals surface area (Å²) in [7, 11) is 0. The molecule has 8 nitrogen and oxygen atoms in total. The molecule has 2 aliphatic heterocycles. The fourth-order valence-electron chi connectivity index (χ4n) is 4.12. The van der Waals surface area contributed by atoms with Crippen molar-refractivity contribution < 1.29 is 9.50 Å². The Kier molecular flexibility index (Phi) is 5.37. The van der Waals surface area contributed by atoms with Gasteiger partial charge in [-0.1, -0.05) is 6.07 Å². The second-order valence-corrected chi connectivity index (χ2v) is 8.19. The average molecular weight is 423 g/mol. The highest BCUT2D eigenvalue weighted by atomic mass is 19.1. The largest absolute Gasteiger partial charge is 0.387 e. The maximum Gasteiger partial charge on any atom is 0.229 e. The van der Waals surface area contributed by atoms with Crippen molar-refractivity contribution >= 4 is 28.5 Å². The maximum atomic E-state index is 13.7. The third-order valence-electron chi connectivity index (χ3n) is 5.88. The van der Waals surface area contributed by atoms with E-state index in [4.69, 9.17) is 9.97 Å². The molecule has 3 N–H and O–H groups in total. The van der Waals surface area contributed by atoms with Gasteiger partial charge in [0.15, 0.2) is 5.82 Å². The average Bonchev–Trinajstić information content (AvgIpc) is 2.79. The molecule has 3 aromatic rings. The van der Waals surface area contributed by atoms with Crippen LogP contribution in [0.5, 0.6) is 0 Å². The van der Waals surface area contributed by atoms with E-state index in [0.717, 1.165) is 30.6 Å². The lowest BCUT2D eigenvalue weighted by molar-refractivity contribution is 0.194. The lowest BCUT2D eigenvalue weighted by Crippen LogP contribution is -2.35. The third kappa shape index (κ3) is 4.15. The molecule has 1 atom stereocenters. The van der Waals surface area contributed by atoms with E-state index in [9.17, 15) is 9.50 Å². The molecule has 1 fully saturated rings. The van der Waals surface area contributed by atoms with Gasteiger partial charge in [0, 0.05) is 49.9 Å². The number of anilines is 3. The highest BCUT2D eigenvalue weighted by molar-refractivity contribution is 5.89. The van der Waals surface area contributed by atoms with Gasteiger partial charge in [0.2, 0.25) is 5.95 Å². The monoisotopic (exact) mass is 423 g/mol. The quantitative estimate of drug-likeness (QED) is 0.589. The smallest absolute Gasteiger partial charge is 0.229 e. The summed E-state index contributed by atoms with van der Waals surface area (Å²) < 4.78 is 13.7. The number of hydrogen-bond donors (Lipinski definition) is 3. The van der Waals surface area contributed by atoms with Gasteiger partial charge in [0.05, 0.1) is 11.8 Å². The molecule has 1 unspecified atom stereocenters. The van der Waals surface area contributed by atoms with E-state index in [1.807, 2.05) is 11.0 Å². The van der Waals surface area contributed by atoms with Gasteiger partial charge in [-0.15, -0.1) is 0 Å². The molecular weight excluding hydrogens is 397 g/mol. The molecule has 0 amide bonds. The molecule has 3 aromatic heterocycles. The minimum Gasteiger partial charge on any atom is -0.387 e. The van der Waals surface area contributed by atoms with E-state index in [1.165, 1.54) is 5.56 Å². The number of fused-ring (bicyclic) bond motifs is 2. The van der Waals surface area contributed by atoms with E-state index < -0.39 is 12.3 Å². The number of alkyl halides is 1. The van der Waals surface area contributed by atoms with E-state index in [-0.39, 0.29) is 0 Å². The summed E-state index contributed by atoms with van der Waals surface area (Å²) in [4.78, 5) is 20.6. The Bertz CT molecular complexity index is 1100. The van der Waals surface area contributed by atoms with Crippen LogP contribution in [0.25, 0.3) is 10.9 Å². The van der Waals surface area contributed by atoms with Crippen molar-refractivity contribution in [2.24, 2.45) is 0 Å². The van der Waals surface area contributed by atoms with Gasteiger partial charge in [-0.25, -0.2) is 24.3 Å². The van der Waals surface area contributed by atoms with Crippen LogP contribution < -0.4 is 15.5 Å². The van der Waals surface area contributed by atoms with Crippen LogP contribution in [-0.2, 0) is 13.0 Å². The SMILES string of the molecule is CC(O)c1cc2cnc(Nc3ccc4c(n3)CCNC4)nc2c(N2CCC(F)CC2)n1. The highest BCUT2D eigenvalue weighted by Crippen LogP contribution is 2.30. The predicted octanol–water partition coefficient (Wildman–Crippen LogP) is 2.80. The van der Waals surface area contributed by atoms with Crippen molar-refractivity contribution in [2.75, 3.05) is 29.9 Å². The number of nitrogens with zero attached hydrogens (tertiary/aromatic N) is 5. The number of rotatable bonds is 4. The number of halogens is 1. The number of hydrogen-bond acceptors (Lipinski definition) is 8. The van der Waals surface area contributed by atoms with Crippen LogP contribution in [0, 0.1) is 0 Å². The summed E-state index contributed by atoms with van der Waals surface area (Å²) in [6, 6.07) is 5.81. The van der Waals surface area contributed by atoms with E-state index in [0.29, 0.717) is 54.7 Å². The minimum absolute atomic E-state index is 0.433. The third-order valence-corrected chi connectivity index (χ3v) is 5.88. The van der Waals surface area contributed by atoms with Crippen molar-refractivity contribution in [1.82, 2.24) is 25.3 Å². The van der Waals surface area contributed by atoms with Crippen LogP contribution in [0.1, 0.15) is 42.8 Å². The molecule has 0 aromatic carbocycles. The molecule has 31 heavy (non-hydrogen) atoms. The molecule has 2 aliphatic rings. The number of aliphatic hydroxyl groups is 1. The maximum absolute atomic E-state index is 13.7. The van der Waals surface area contributed by atoms with Crippen LogP contribution in [-0.4, -0.2) is 50.8 Å². The first kappa shape index (κ1) is 20.0. The normalized spacial score (nSPS) is 18.1. The molecule has 162 valence electrons. The van der Waals surface area contributed by atoms with Crippen LogP contribution in [0.2, 0.25) is 0 Å². The van der Waals surface area contributed by atoms with Gasteiger partial charge in [0.1, 0.15) is 17.5 Å². The second kappa shape index (κ2) is 8.32. The summed E-state index contributed by atoms with van der Waals surface area (Å²) in [6.45, 7) is 4.58. The number of aliphatic hydroxyl groups excluding tert-OH is 1. The lowest BCUT2D eigenvalue weighted by Gasteiger charge is -2.30. The van der Waals surface area contributed by atoms with Gasteiger partial charge in [-0.05, 0) is 37.5 Å². The van der Waals surface area contributed by atoms with Crippen LogP contribution in [0.15, 0.2) is 24.4 Å². The Balaban J connectivity index is 1.50. The Labute approximate surface area is 180 Å². The number of nitrogens with one attached hydrogen (secondary N) is 2. The van der Waals surface area contributed by atoms with Gasteiger partial charge in [0.25, 0.3) is 0 Å². The Hall–Kier alpha value is -2.91. The minimum atomic E-state index is -0.778. The fourth-order valence-corrected chi connectivity index (χ4v) is 4.12. The van der Waals surface area contributed by atoms with Crippen molar-refractivity contribution in [1.29, 1.82) is 0 Å². The molecule has 5 heterocycles. The summed E-state index contributed by atoms with van der Waals surface area (Å²) in [5.41, 5.74) is 3.53. The van der Waals surface area contributed by atoms with Gasteiger partial charge < -0.3 is 20.6 Å². The Morgan fingerprint density at radius 1 is 1.23 bits per heavy atom. The number of piperidine rings is 1. The van der Waals surface area contributed by atoms with Crippen LogP contribution in [0.4, 0.5) is 22.0 Å². The Morgan fingerprint density at radius 2 is 2.06 bits per heavy atom. The number of pyridine rings is 2. The first-order valence-corrected chi connectivity index (χ1v) is 10.8. The molecule has 0 spiro atoms. The zero-order chi connectivity index (χ0) is 21.4. The lowest BCUT2D eigenvalue weighted by atomic mass is 10.1. The van der Waals surface area contributed by atoms with E-state index in [2.05, 4.69) is 26.7 Å². The zero-order valence-corrected chi connectivity index (χ0v) is 17.5. The van der Waals surface area contributed by atoms with Gasteiger partial charge >= 0.3 is 0 Å². The molecule has 9 heteroatoms. The van der Waals surface area contributed by atoms with Crippen molar-refractivity contribution in [3.05, 3.63) is 41.3 Å². The number of aromatic nitrogens is 4. The predicted molar refractivity (Wildman–Crippen MR) is 117 cm³/mol. The summed E-state index contributed by atoms with van der Waals surface area (Å²) in [5, 5.41) is 17.4. The molecule has 1 saturated heterocycles. The Morgan fingerprint density at radius 3 is 2.87 bits per heavy atom. The van der Waals surface area contributed by atoms with E-state index in [1.54, 1.807) is 19.2 Å². The standard InChI is InChI=1S/C22H26FN7O/c1-13(31)18-10-15-12-25-22(28-19-3-2-14-11-24-7-4-17(14)26-19)29-20(15)21(27-18)30-8-5-16(23)6-9-30/h2-3,10,12-13,16,24,31H,4-9,11H2,1H3,(H,25,26,28,29). The van der Waals surface area contributed by atoms with Gasteiger partial charge in [-0.3, -0.25) is 0 Å². The van der Waals surface area contributed by atoms with Crippen molar-refractivity contribution in [3.63, 3.8) is 0 Å². The van der Waals surface area contributed by atoms with Crippen LogP contribution in [0.3, 0.4) is 0 Å². The first-order valence-electron chi connectivity index (χ1n) is 10.8. The molecule has 0 radical (unpaired) electrons. The second-order valence-electron chi connectivity index (χ2n) is 8.19. The molecule has 5 rings (SSSR count). The van der Waals surface area contributed by atoms with Gasteiger partial charge in [-0.2, -0.15) is 0 Å². The topological polar surface area (TPSA) is 99.1 Å². The molecular formula is C22H26FN7O. The van der Waals surface area contributed by atoms with E-state index >= 15 is 0 Å². The zero-order valence-electron chi connectivity index (χ0n) is 17.5. The summed E-state index contributed by atoms with van der Waals surface area (Å²) in [5.74, 6) is 1.80. The molecule has 0 saturated carbocycles.